The van der Waals surface area contributed by atoms with E-state index in [1.807, 2.05) is 31.3 Å². The number of nitrogens with one attached hydrogen (secondary N) is 1. The third-order valence-corrected chi connectivity index (χ3v) is 3.64. The molecule has 0 radical (unpaired) electrons. The Labute approximate surface area is 138 Å². The van der Waals surface area contributed by atoms with Gasteiger partial charge in [0.1, 0.15) is 11.8 Å². The number of carbonyl (C=O) groups is 1. The van der Waals surface area contributed by atoms with Crippen molar-refractivity contribution in [1.29, 1.82) is 0 Å². The number of benzene rings is 1. The highest BCUT2D eigenvalue weighted by atomic mass is 35.5. The van der Waals surface area contributed by atoms with Crippen molar-refractivity contribution in [2.24, 2.45) is 0 Å². The molecular formula is C17H25ClN2O2. The van der Waals surface area contributed by atoms with E-state index in [4.69, 9.17) is 4.74 Å². The van der Waals surface area contributed by atoms with E-state index >= 15 is 0 Å². The first-order chi connectivity index (χ1) is 10.2. The number of halogens is 1. The Bertz CT molecular complexity index is 505. The molecule has 1 aromatic carbocycles. The number of carbonyl (C=O) groups excluding carboxylic acids is 1. The molecule has 0 aromatic heterocycles. The second-order valence-electron chi connectivity index (χ2n) is 5.28. The summed E-state index contributed by atoms with van der Waals surface area (Å²) in [4.78, 5) is 13.8. The number of ether oxygens (including phenoxy) is 1. The fraction of sp³-hybridized carbons (Fsp3) is 0.471. The number of rotatable bonds is 7. The van der Waals surface area contributed by atoms with Gasteiger partial charge < -0.3 is 9.64 Å². The van der Waals surface area contributed by atoms with Gasteiger partial charge >= 0.3 is 0 Å². The topological polar surface area (TPSA) is 41.6 Å². The van der Waals surface area contributed by atoms with Crippen molar-refractivity contribution in [3.63, 3.8) is 0 Å². The smallest absolute Gasteiger partial charge is 0.243 e. The van der Waals surface area contributed by atoms with Crippen LogP contribution in [0.15, 0.2) is 36.4 Å². The first kappa shape index (κ1) is 18.5. The summed E-state index contributed by atoms with van der Waals surface area (Å²) in [5.74, 6) is 1.03. The molecule has 0 fully saturated rings. The summed E-state index contributed by atoms with van der Waals surface area (Å²) in [5, 5.41) is 3.13. The van der Waals surface area contributed by atoms with E-state index in [1.165, 1.54) is 5.56 Å². The number of hydrogen-bond acceptors (Lipinski definition) is 3. The van der Waals surface area contributed by atoms with Crippen molar-refractivity contribution in [3.8, 4) is 5.75 Å². The molecule has 122 valence electrons. The summed E-state index contributed by atoms with van der Waals surface area (Å²) >= 11 is 0. The zero-order valence-corrected chi connectivity index (χ0v) is 14.1. The zero-order chi connectivity index (χ0) is 15.1. The molecule has 1 N–H and O–H groups in total. The third-order valence-electron chi connectivity index (χ3n) is 3.64. The molecule has 2 rings (SSSR count). The molecule has 0 bridgehead atoms. The van der Waals surface area contributed by atoms with Crippen LogP contribution in [0.3, 0.4) is 0 Å². The first-order valence-corrected chi connectivity index (χ1v) is 7.57. The molecule has 5 heteroatoms. The number of likely N-dealkylation sites (N-methyl/N-ethyl adjacent to an activating group) is 1. The Morgan fingerprint density at radius 3 is 2.95 bits per heavy atom. The van der Waals surface area contributed by atoms with E-state index in [0.717, 1.165) is 25.1 Å². The maximum Gasteiger partial charge on any atom is 0.243 e. The number of aryl methyl sites for hydroxylation is 1. The van der Waals surface area contributed by atoms with Crippen molar-refractivity contribution in [3.05, 3.63) is 42.0 Å². The summed E-state index contributed by atoms with van der Waals surface area (Å²) in [6.07, 6.45) is 5.75. The summed E-state index contributed by atoms with van der Waals surface area (Å²) in [6, 6.07) is 8.00. The van der Waals surface area contributed by atoms with Gasteiger partial charge in [0.05, 0.1) is 6.61 Å². The van der Waals surface area contributed by atoms with Crippen molar-refractivity contribution in [2.45, 2.75) is 25.8 Å². The summed E-state index contributed by atoms with van der Waals surface area (Å²) in [6.45, 7) is 4.24. The SMILES string of the molecule is CCc1cccc(OCCCN(C)C(=O)C2C=CCN2)c1.Cl. The fourth-order valence-corrected chi connectivity index (χ4v) is 2.33. The van der Waals surface area contributed by atoms with Gasteiger partial charge in [0, 0.05) is 20.1 Å². The maximum atomic E-state index is 12.1. The predicted octanol–water partition coefficient (Wildman–Crippen LogP) is 2.43. The van der Waals surface area contributed by atoms with E-state index < -0.39 is 0 Å². The lowest BCUT2D eigenvalue weighted by Crippen LogP contribution is -2.42. The molecule has 1 aliphatic heterocycles. The molecule has 0 aliphatic carbocycles. The molecular weight excluding hydrogens is 300 g/mol. The average Bonchev–Trinajstić information content (AvgIpc) is 3.05. The van der Waals surface area contributed by atoms with Gasteiger partial charge in [0.25, 0.3) is 0 Å². The standard InChI is InChI=1S/C17H24N2O2.ClH/c1-3-14-7-4-8-15(13-14)21-12-6-11-19(2)17(20)16-9-5-10-18-16;/h4-5,7-9,13,16,18H,3,6,10-12H2,1-2H3;1H. The Balaban J connectivity index is 0.00000242. The molecule has 1 amide bonds. The van der Waals surface area contributed by atoms with Crippen molar-refractivity contribution < 1.29 is 9.53 Å². The van der Waals surface area contributed by atoms with E-state index in [0.29, 0.717) is 13.2 Å². The van der Waals surface area contributed by atoms with Gasteiger partial charge in [-0.1, -0.05) is 31.2 Å². The highest BCUT2D eigenvalue weighted by Gasteiger charge is 2.20. The molecule has 0 spiro atoms. The van der Waals surface area contributed by atoms with Gasteiger partial charge in [-0.25, -0.2) is 0 Å². The quantitative estimate of drug-likeness (QED) is 0.618. The van der Waals surface area contributed by atoms with Crippen molar-refractivity contribution in [1.82, 2.24) is 10.2 Å². The Hall–Kier alpha value is -1.52. The first-order valence-electron chi connectivity index (χ1n) is 7.57. The molecule has 1 unspecified atom stereocenters. The Morgan fingerprint density at radius 2 is 2.27 bits per heavy atom. The highest BCUT2D eigenvalue weighted by Crippen LogP contribution is 2.13. The van der Waals surface area contributed by atoms with Gasteiger partial charge in [0.2, 0.25) is 5.91 Å². The highest BCUT2D eigenvalue weighted by molar-refractivity contribution is 5.85. The van der Waals surface area contributed by atoms with Gasteiger partial charge in [-0.15, -0.1) is 12.4 Å². The summed E-state index contributed by atoms with van der Waals surface area (Å²) < 4.78 is 5.74. The molecule has 22 heavy (non-hydrogen) atoms. The average molecular weight is 325 g/mol. The van der Waals surface area contributed by atoms with Gasteiger partial charge in [-0.2, -0.15) is 0 Å². The van der Waals surface area contributed by atoms with Crippen LogP contribution in [0.2, 0.25) is 0 Å². The lowest BCUT2D eigenvalue weighted by atomic mass is 10.2. The lowest BCUT2D eigenvalue weighted by molar-refractivity contribution is -0.130. The van der Waals surface area contributed by atoms with Crippen LogP contribution in [0.1, 0.15) is 18.9 Å². The maximum absolute atomic E-state index is 12.1. The van der Waals surface area contributed by atoms with Crippen LogP contribution in [0, 0.1) is 0 Å². The Kier molecular flexibility index (Phi) is 7.99. The Morgan fingerprint density at radius 1 is 1.45 bits per heavy atom. The number of hydrogen-bond donors (Lipinski definition) is 1. The minimum atomic E-state index is -0.155. The van der Waals surface area contributed by atoms with E-state index in [2.05, 4.69) is 24.4 Å². The second-order valence-corrected chi connectivity index (χ2v) is 5.28. The summed E-state index contributed by atoms with van der Waals surface area (Å²) in [7, 11) is 1.84. The van der Waals surface area contributed by atoms with Crippen LogP contribution in [0.25, 0.3) is 0 Å². The monoisotopic (exact) mass is 324 g/mol. The zero-order valence-electron chi connectivity index (χ0n) is 13.2. The van der Waals surface area contributed by atoms with E-state index in [1.54, 1.807) is 4.90 Å². The van der Waals surface area contributed by atoms with Crippen LogP contribution >= 0.6 is 12.4 Å². The third kappa shape index (κ3) is 5.35. The second kappa shape index (κ2) is 9.49. The van der Waals surface area contributed by atoms with Crippen LogP contribution in [-0.2, 0) is 11.2 Å². The largest absolute Gasteiger partial charge is 0.494 e. The van der Waals surface area contributed by atoms with E-state index in [-0.39, 0.29) is 24.4 Å². The van der Waals surface area contributed by atoms with Crippen molar-refractivity contribution >= 4 is 18.3 Å². The van der Waals surface area contributed by atoms with Gasteiger partial charge in [-0.05, 0) is 30.5 Å². The number of nitrogens with zero attached hydrogens (tertiary/aromatic N) is 1. The molecule has 1 aliphatic rings. The van der Waals surface area contributed by atoms with Crippen LogP contribution in [-0.4, -0.2) is 43.6 Å². The van der Waals surface area contributed by atoms with Crippen LogP contribution < -0.4 is 10.1 Å². The minimum absolute atomic E-state index is 0. The van der Waals surface area contributed by atoms with Crippen LogP contribution in [0.4, 0.5) is 0 Å². The number of amides is 1. The predicted molar refractivity (Wildman–Crippen MR) is 91.7 cm³/mol. The molecule has 1 heterocycles. The minimum Gasteiger partial charge on any atom is -0.494 e. The molecule has 1 atom stereocenters. The van der Waals surface area contributed by atoms with E-state index in [9.17, 15) is 4.79 Å². The molecule has 1 aromatic rings. The molecule has 4 nitrogen and oxygen atoms in total. The lowest BCUT2D eigenvalue weighted by Gasteiger charge is -2.20. The summed E-state index contributed by atoms with van der Waals surface area (Å²) in [5.41, 5.74) is 1.28. The molecule has 0 saturated heterocycles. The van der Waals surface area contributed by atoms with Crippen LogP contribution in [0.5, 0.6) is 5.75 Å². The fourth-order valence-electron chi connectivity index (χ4n) is 2.33. The molecule has 0 saturated carbocycles. The van der Waals surface area contributed by atoms with Gasteiger partial charge in [0.15, 0.2) is 0 Å². The van der Waals surface area contributed by atoms with Gasteiger partial charge in [-0.3, -0.25) is 10.1 Å². The van der Waals surface area contributed by atoms with Crippen molar-refractivity contribution in [2.75, 3.05) is 26.7 Å². The normalized spacial score (nSPS) is 16.2.